The molecule has 1 aliphatic carbocycles. The van der Waals surface area contributed by atoms with Crippen molar-refractivity contribution in [2.24, 2.45) is 5.92 Å². The van der Waals surface area contributed by atoms with Gasteiger partial charge in [0.1, 0.15) is 5.82 Å². The third kappa shape index (κ3) is 4.04. The largest absolute Gasteiger partial charge is 0.394 e. The maximum Gasteiger partial charge on any atom is 0.133 e. The highest BCUT2D eigenvalue weighted by Crippen LogP contribution is 2.28. The van der Waals surface area contributed by atoms with Gasteiger partial charge in [0.25, 0.3) is 0 Å². The van der Waals surface area contributed by atoms with E-state index in [-0.39, 0.29) is 12.6 Å². The Bertz CT molecular complexity index is 513. The summed E-state index contributed by atoms with van der Waals surface area (Å²) in [4.78, 5) is 9.54. The molecule has 0 bridgehead atoms. The van der Waals surface area contributed by atoms with Crippen LogP contribution in [0.4, 0.5) is 5.82 Å². The number of aromatic nitrogens is 1. The lowest BCUT2D eigenvalue weighted by Crippen LogP contribution is -2.43. The first kappa shape index (κ1) is 16.7. The molecule has 4 nitrogen and oxygen atoms in total. The first-order valence-electron chi connectivity index (χ1n) is 9.20. The number of rotatable bonds is 3. The van der Waals surface area contributed by atoms with E-state index in [4.69, 9.17) is 4.98 Å². The SMILES string of the molecule is Cc1ccc2c(n1)N(C)[C@H](CO)CCN(CC1CCCCC1)C2. The van der Waals surface area contributed by atoms with Crippen molar-refractivity contribution in [2.75, 3.05) is 31.6 Å². The monoisotopic (exact) mass is 317 g/mol. The summed E-state index contributed by atoms with van der Waals surface area (Å²) < 4.78 is 0. The lowest BCUT2D eigenvalue weighted by Gasteiger charge is -2.37. The normalized spacial score (nSPS) is 24.1. The van der Waals surface area contributed by atoms with Crippen LogP contribution in [0.3, 0.4) is 0 Å². The molecule has 3 rings (SSSR count). The van der Waals surface area contributed by atoms with E-state index in [9.17, 15) is 5.11 Å². The van der Waals surface area contributed by atoms with Crippen molar-refractivity contribution in [3.63, 3.8) is 0 Å². The molecule has 1 saturated carbocycles. The van der Waals surface area contributed by atoms with Crippen molar-refractivity contribution in [1.82, 2.24) is 9.88 Å². The van der Waals surface area contributed by atoms with Crippen LogP contribution < -0.4 is 4.90 Å². The van der Waals surface area contributed by atoms with E-state index in [1.165, 1.54) is 44.2 Å². The molecule has 0 aromatic carbocycles. The first-order chi connectivity index (χ1) is 11.2. The minimum absolute atomic E-state index is 0.164. The summed E-state index contributed by atoms with van der Waals surface area (Å²) in [6, 6.07) is 4.50. The van der Waals surface area contributed by atoms with E-state index >= 15 is 0 Å². The number of anilines is 1. The second-order valence-corrected chi connectivity index (χ2v) is 7.41. The number of hydrogen-bond donors (Lipinski definition) is 1. The van der Waals surface area contributed by atoms with E-state index in [1.54, 1.807) is 0 Å². The summed E-state index contributed by atoms with van der Waals surface area (Å²) in [5, 5.41) is 9.79. The summed E-state index contributed by atoms with van der Waals surface area (Å²) in [5.74, 6) is 1.91. The van der Waals surface area contributed by atoms with E-state index in [2.05, 4.69) is 29.0 Å². The molecule has 1 N–H and O–H groups in total. The molecule has 23 heavy (non-hydrogen) atoms. The third-order valence-corrected chi connectivity index (χ3v) is 5.60. The molecule has 0 unspecified atom stereocenters. The summed E-state index contributed by atoms with van der Waals surface area (Å²) in [7, 11) is 2.07. The molecule has 0 radical (unpaired) electrons. The molecular weight excluding hydrogens is 286 g/mol. The Morgan fingerprint density at radius 1 is 1.17 bits per heavy atom. The zero-order valence-electron chi connectivity index (χ0n) is 14.7. The molecular formula is C19H31N3O. The van der Waals surface area contributed by atoms with Gasteiger partial charge >= 0.3 is 0 Å². The van der Waals surface area contributed by atoms with Gasteiger partial charge in [-0.3, -0.25) is 4.90 Å². The minimum atomic E-state index is 0.164. The van der Waals surface area contributed by atoms with Crippen LogP contribution in [0.5, 0.6) is 0 Å². The zero-order valence-corrected chi connectivity index (χ0v) is 14.7. The van der Waals surface area contributed by atoms with Gasteiger partial charge in [0.2, 0.25) is 0 Å². The van der Waals surface area contributed by atoms with E-state index in [0.29, 0.717) is 0 Å². The topological polar surface area (TPSA) is 39.6 Å². The second-order valence-electron chi connectivity index (χ2n) is 7.41. The molecule has 1 aromatic heterocycles. The summed E-state index contributed by atoms with van der Waals surface area (Å²) in [5.41, 5.74) is 2.35. The molecule has 128 valence electrons. The lowest BCUT2D eigenvalue weighted by molar-refractivity contribution is 0.172. The van der Waals surface area contributed by atoms with Gasteiger partial charge in [-0.05, 0) is 38.2 Å². The van der Waals surface area contributed by atoms with Crippen LogP contribution in [0.25, 0.3) is 0 Å². The van der Waals surface area contributed by atoms with Crippen molar-refractivity contribution in [3.8, 4) is 0 Å². The van der Waals surface area contributed by atoms with Crippen LogP contribution in [0.2, 0.25) is 0 Å². The molecule has 0 amide bonds. The van der Waals surface area contributed by atoms with E-state index in [0.717, 1.165) is 36.9 Å². The van der Waals surface area contributed by atoms with Gasteiger partial charge in [-0.1, -0.05) is 25.3 Å². The van der Waals surface area contributed by atoms with Crippen LogP contribution >= 0.6 is 0 Å². The number of hydrogen-bond acceptors (Lipinski definition) is 4. The molecule has 1 atom stereocenters. The minimum Gasteiger partial charge on any atom is -0.394 e. The molecule has 4 heteroatoms. The van der Waals surface area contributed by atoms with Gasteiger partial charge < -0.3 is 10.0 Å². The first-order valence-corrected chi connectivity index (χ1v) is 9.20. The molecule has 2 heterocycles. The standard InChI is InChI=1S/C19H31N3O/c1-15-8-9-17-13-22(12-16-6-4-3-5-7-16)11-10-18(14-23)21(2)19(17)20-15/h8-9,16,18,23H,3-7,10-14H2,1-2H3/t18-/m0/s1. The Balaban J connectivity index is 1.79. The quantitative estimate of drug-likeness (QED) is 0.930. The highest BCUT2D eigenvalue weighted by Gasteiger charge is 2.25. The Morgan fingerprint density at radius 2 is 1.96 bits per heavy atom. The molecule has 0 spiro atoms. The van der Waals surface area contributed by atoms with Gasteiger partial charge in [-0.25, -0.2) is 4.98 Å². The highest BCUT2D eigenvalue weighted by atomic mass is 16.3. The molecule has 1 fully saturated rings. The number of aliphatic hydroxyl groups is 1. The van der Waals surface area contributed by atoms with Crippen molar-refractivity contribution in [1.29, 1.82) is 0 Å². The van der Waals surface area contributed by atoms with Gasteiger partial charge in [-0.15, -0.1) is 0 Å². The average molecular weight is 317 g/mol. The Kier molecular flexibility index (Phi) is 5.54. The Hall–Kier alpha value is -1.13. The number of fused-ring (bicyclic) bond motifs is 1. The van der Waals surface area contributed by atoms with Crippen molar-refractivity contribution in [3.05, 3.63) is 23.4 Å². The van der Waals surface area contributed by atoms with Gasteiger partial charge in [-0.2, -0.15) is 0 Å². The van der Waals surface area contributed by atoms with Crippen molar-refractivity contribution >= 4 is 5.82 Å². The summed E-state index contributed by atoms with van der Waals surface area (Å²) >= 11 is 0. The predicted molar refractivity (Wildman–Crippen MR) is 94.7 cm³/mol. The fourth-order valence-electron chi connectivity index (χ4n) is 4.12. The fraction of sp³-hybridized carbons (Fsp3) is 0.737. The lowest BCUT2D eigenvalue weighted by atomic mass is 9.88. The van der Waals surface area contributed by atoms with Crippen molar-refractivity contribution < 1.29 is 5.11 Å². The molecule has 1 aromatic rings. The summed E-state index contributed by atoms with van der Waals surface area (Å²) in [6.45, 7) is 5.50. The maximum atomic E-state index is 9.79. The average Bonchev–Trinajstić information content (AvgIpc) is 2.56. The van der Waals surface area contributed by atoms with E-state index < -0.39 is 0 Å². The molecule has 2 aliphatic rings. The molecule has 1 aliphatic heterocycles. The maximum absolute atomic E-state index is 9.79. The number of aliphatic hydroxyl groups excluding tert-OH is 1. The zero-order chi connectivity index (χ0) is 16.2. The number of likely N-dealkylation sites (N-methyl/N-ethyl adjacent to an activating group) is 1. The van der Waals surface area contributed by atoms with E-state index in [1.807, 2.05) is 6.92 Å². The van der Waals surface area contributed by atoms with Gasteiger partial charge in [0, 0.05) is 37.9 Å². The fourth-order valence-corrected chi connectivity index (χ4v) is 4.12. The third-order valence-electron chi connectivity index (χ3n) is 5.60. The van der Waals surface area contributed by atoms with Gasteiger partial charge in [0.15, 0.2) is 0 Å². The predicted octanol–water partition coefficient (Wildman–Crippen LogP) is 2.97. The Labute approximate surface area is 140 Å². The second kappa shape index (κ2) is 7.63. The Morgan fingerprint density at radius 3 is 2.70 bits per heavy atom. The van der Waals surface area contributed by atoms with Crippen LogP contribution in [0.15, 0.2) is 12.1 Å². The number of nitrogens with zero attached hydrogens (tertiary/aromatic N) is 3. The molecule has 0 saturated heterocycles. The van der Waals surface area contributed by atoms with Crippen LogP contribution in [-0.2, 0) is 6.54 Å². The smallest absolute Gasteiger partial charge is 0.133 e. The van der Waals surface area contributed by atoms with Crippen LogP contribution in [0.1, 0.15) is 49.8 Å². The highest BCUT2D eigenvalue weighted by molar-refractivity contribution is 5.48. The van der Waals surface area contributed by atoms with Crippen LogP contribution in [0, 0.1) is 12.8 Å². The van der Waals surface area contributed by atoms with Crippen LogP contribution in [-0.4, -0.2) is 47.8 Å². The number of aryl methyl sites for hydroxylation is 1. The van der Waals surface area contributed by atoms with Crippen molar-refractivity contribution in [2.45, 2.75) is 58.0 Å². The number of pyridine rings is 1. The summed E-state index contributed by atoms with van der Waals surface area (Å²) in [6.07, 6.45) is 8.00. The van der Waals surface area contributed by atoms with Gasteiger partial charge in [0.05, 0.1) is 12.6 Å².